The Hall–Kier alpha value is -0.560. The fraction of sp³-hybridized carbons (Fsp3) is 0.846. The van der Waals surface area contributed by atoms with Gasteiger partial charge in [0.15, 0.2) is 0 Å². The Balaban J connectivity index is 5.38. The Morgan fingerprint density at radius 2 is 0.889 bits per heavy atom. The molecular formula is C26H50O. The lowest BCUT2D eigenvalue weighted by atomic mass is 9.77. The van der Waals surface area contributed by atoms with E-state index < -0.39 is 0 Å². The molecule has 0 aromatic carbocycles. The lowest BCUT2D eigenvalue weighted by Gasteiger charge is -2.44. The van der Waals surface area contributed by atoms with Crippen LogP contribution in [0.5, 0.6) is 0 Å². The first-order valence-corrected chi connectivity index (χ1v) is 11.1. The number of hydrogen-bond donors (Lipinski definition) is 0. The highest BCUT2D eigenvalue weighted by atomic mass is 16.5. The lowest BCUT2D eigenvalue weighted by molar-refractivity contribution is -0.145. The molecule has 0 aromatic rings. The van der Waals surface area contributed by atoms with E-state index in [2.05, 4.69) is 107 Å². The summed E-state index contributed by atoms with van der Waals surface area (Å²) in [4.78, 5) is 0. The van der Waals surface area contributed by atoms with Crippen LogP contribution in [-0.4, -0.2) is 12.2 Å². The van der Waals surface area contributed by atoms with E-state index in [4.69, 9.17) is 4.74 Å². The van der Waals surface area contributed by atoms with Crippen molar-refractivity contribution in [3.05, 3.63) is 24.3 Å². The zero-order valence-corrected chi connectivity index (χ0v) is 20.6. The topological polar surface area (TPSA) is 9.23 Å². The summed E-state index contributed by atoms with van der Waals surface area (Å²) in [5.74, 6) is 2.23. The molecule has 0 bridgehead atoms. The van der Waals surface area contributed by atoms with E-state index in [1.54, 1.807) is 0 Å². The van der Waals surface area contributed by atoms with E-state index in [-0.39, 0.29) is 23.0 Å². The van der Waals surface area contributed by atoms with Gasteiger partial charge in [-0.05, 0) is 47.3 Å². The molecule has 0 amide bonds. The molecular weight excluding hydrogens is 328 g/mol. The molecule has 1 nitrogen and oxygen atoms in total. The molecule has 0 N–H and O–H groups in total. The van der Waals surface area contributed by atoms with Crippen LogP contribution in [0.15, 0.2) is 24.3 Å². The van der Waals surface area contributed by atoms with Crippen molar-refractivity contribution in [1.82, 2.24) is 0 Å². The molecule has 0 aliphatic heterocycles. The molecule has 0 heterocycles. The first-order valence-electron chi connectivity index (χ1n) is 11.1. The number of allylic oxidation sites excluding steroid dienone is 4. The van der Waals surface area contributed by atoms with Gasteiger partial charge in [-0.15, -0.1) is 0 Å². The van der Waals surface area contributed by atoms with Crippen molar-refractivity contribution in [3.63, 3.8) is 0 Å². The van der Waals surface area contributed by atoms with Gasteiger partial charge >= 0.3 is 0 Å². The summed E-state index contributed by atoms with van der Waals surface area (Å²) in [6.45, 7) is 27.6. The smallest absolute Gasteiger partial charge is 0.0655 e. The Bertz CT molecular complexity index is 400. The Kier molecular flexibility index (Phi) is 11.2. The van der Waals surface area contributed by atoms with E-state index in [1.807, 2.05) is 0 Å². The average molecular weight is 379 g/mol. The molecule has 0 aromatic heterocycles. The van der Waals surface area contributed by atoms with Crippen LogP contribution in [-0.2, 0) is 4.74 Å². The van der Waals surface area contributed by atoms with Crippen LogP contribution in [0.1, 0.15) is 95.9 Å². The highest BCUT2D eigenvalue weighted by Crippen LogP contribution is 2.38. The second-order valence-electron chi connectivity index (χ2n) is 11.5. The second kappa shape index (κ2) is 11.4. The summed E-state index contributed by atoms with van der Waals surface area (Å²) in [7, 11) is 0. The highest BCUT2D eigenvalue weighted by Gasteiger charge is 2.38. The van der Waals surface area contributed by atoms with Gasteiger partial charge in [-0.3, -0.25) is 0 Å². The molecule has 1 heteroatoms. The molecule has 0 saturated heterocycles. The molecule has 0 aliphatic carbocycles. The van der Waals surface area contributed by atoms with Crippen LogP contribution in [0.25, 0.3) is 0 Å². The van der Waals surface area contributed by atoms with Crippen molar-refractivity contribution in [3.8, 4) is 0 Å². The Morgan fingerprint density at radius 1 is 0.593 bits per heavy atom. The number of hydrogen-bond acceptors (Lipinski definition) is 1. The molecule has 0 rings (SSSR count). The Morgan fingerprint density at radius 3 is 1.11 bits per heavy atom. The molecule has 0 radical (unpaired) electrons. The normalized spacial score (nSPS) is 18.6. The van der Waals surface area contributed by atoms with Crippen molar-refractivity contribution in [2.24, 2.45) is 34.5 Å². The number of ether oxygens (including phenoxy) is 1. The first-order chi connectivity index (χ1) is 12.2. The van der Waals surface area contributed by atoms with Crippen LogP contribution < -0.4 is 0 Å². The second-order valence-corrected chi connectivity index (χ2v) is 11.5. The molecule has 0 fully saturated rings. The van der Waals surface area contributed by atoms with Crippen molar-refractivity contribution in [2.75, 3.05) is 0 Å². The zero-order valence-electron chi connectivity index (χ0n) is 20.6. The molecule has 0 saturated carbocycles. The number of rotatable bonds is 10. The summed E-state index contributed by atoms with van der Waals surface area (Å²) >= 11 is 0. The average Bonchev–Trinajstić information content (AvgIpc) is 2.43. The van der Waals surface area contributed by atoms with Gasteiger partial charge in [0, 0.05) is 0 Å². The summed E-state index contributed by atoms with van der Waals surface area (Å²) in [6, 6.07) is 0. The van der Waals surface area contributed by atoms with Crippen molar-refractivity contribution in [2.45, 2.75) is 108 Å². The van der Waals surface area contributed by atoms with Gasteiger partial charge in [-0.1, -0.05) is 107 Å². The monoisotopic (exact) mass is 378 g/mol. The molecule has 4 atom stereocenters. The summed E-state index contributed by atoms with van der Waals surface area (Å²) in [5.41, 5.74) is 0.254. The van der Waals surface area contributed by atoms with Gasteiger partial charge in [0.2, 0.25) is 0 Å². The van der Waals surface area contributed by atoms with Crippen LogP contribution in [0.4, 0.5) is 0 Å². The van der Waals surface area contributed by atoms with Crippen LogP contribution in [0, 0.1) is 34.5 Å². The van der Waals surface area contributed by atoms with Gasteiger partial charge in [-0.25, -0.2) is 0 Å². The van der Waals surface area contributed by atoms with Crippen molar-refractivity contribution < 1.29 is 4.74 Å². The predicted octanol–water partition coefficient (Wildman–Crippen LogP) is 8.31. The third kappa shape index (κ3) is 11.1. The first kappa shape index (κ1) is 26.4. The molecule has 27 heavy (non-hydrogen) atoms. The maximum atomic E-state index is 6.95. The van der Waals surface area contributed by atoms with Crippen LogP contribution in [0.2, 0.25) is 0 Å². The van der Waals surface area contributed by atoms with E-state index in [9.17, 15) is 0 Å². The Labute approximate surface area is 172 Å². The van der Waals surface area contributed by atoms with Crippen molar-refractivity contribution in [1.29, 1.82) is 0 Å². The van der Waals surface area contributed by atoms with Gasteiger partial charge in [0.05, 0.1) is 12.2 Å². The summed E-state index contributed by atoms with van der Waals surface area (Å²) < 4.78 is 6.95. The summed E-state index contributed by atoms with van der Waals surface area (Å²) in [5, 5.41) is 0. The molecule has 160 valence electrons. The fourth-order valence-electron chi connectivity index (χ4n) is 3.92. The minimum atomic E-state index is 0.127. The van der Waals surface area contributed by atoms with Crippen molar-refractivity contribution >= 4 is 0 Å². The molecule has 0 aliphatic rings. The predicted molar refractivity (Wildman–Crippen MR) is 123 cm³/mol. The third-order valence-electron chi connectivity index (χ3n) is 5.09. The van der Waals surface area contributed by atoms with Gasteiger partial charge in [-0.2, -0.15) is 0 Å². The van der Waals surface area contributed by atoms with E-state index in [1.165, 1.54) is 0 Å². The standard InChI is InChI=1S/C26H50O/c1-19(2)15-13-17-21(5)23(25(7,8)9)27-24(26(10,11)12)22(6)18-14-16-20(3)4/h13-16,19-24H,17-18H2,1-12H3/t21?,22?,23-,24-/m1/s1. The van der Waals surface area contributed by atoms with E-state index >= 15 is 0 Å². The quantitative estimate of drug-likeness (QED) is 0.347. The summed E-state index contributed by atoms with van der Waals surface area (Å²) in [6.07, 6.45) is 12.0. The zero-order chi connectivity index (χ0) is 21.4. The van der Waals surface area contributed by atoms with Crippen LogP contribution in [0.3, 0.4) is 0 Å². The van der Waals surface area contributed by atoms with Gasteiger partial charge in [0.1, 0.15) is 0 Å². The fourth-order valence-corrected chi connectivity index (χ4v) is 3.92. The van der Waals surface area contributed by atoms with Crippen LogP contribution >= 0.6 is 0 Å². The minimum absolute atomic E-state index is 0.127. The highest BCUT2D eigenvalue weighted by molar-refractivity contribution is 4.93. The van der Waals surface area contributed by atoms with E-state index in [0.717, 1.165) is 12.8 Å². The molecule has 0 spiro atoms. The van der Waals surface area contributed by atoms with E-state index in [0.29, 0.717) is 23.7 Å². The van der Waals surface area contributed by atoms with Gasteiger partial charge in [0.25, 0.3) is 0 Å². The van der Waals surface area contributed by atoms with Gasteiger partial charge < -0.3 is 4.74 Å². The maximum Gasteiger partial charge on any atom is 0.0655 e. The molecule has 2 unspecified atom stereocenters. The largest absolute Gasteiger partial charge is 0.373 e. The minimum Gasteiger partial charge on any atom is -0.373 e. The third-order valence-corrected chi connectivity index (χ3v) is 5.09. The maximum absolute atomic E-state index is 6.95. The lowest BCUT2D eigenvalue weighted by Crippen LogP contribution is -2.45. The SMILES string of the molecule is CC(C)C=CCC(C)[C@@H](O[C@H](C(C)CC=CC(C)C)C(C)(C)C)C(C)(C)C.